The molecule has 0 fully saturated rings. The van der Waals surface area contributed by atoms with E-state index in [1.165, 1.54) is 24.7 Å². The Bertz CT molecular complexity index is 438. The van der Waals surface area contributed by atoms with Crippen molar-refractivity contribution in [1.29, 1.82) is 0 Å². The van der Waals surface area contributed by atoms with Crippen LogP contribution in [0.15, 0.2) is 24.7 Å². The molecule has 0 spiro atoms. The molecular formula is C6H4N4O2. The van der Waals surface area contributed by atoms with Gasteiger partial charge in [0, 0.05) is 6.20 Å². The molecule has 0 saturated carbocycles. The molecular weight excluding hydrogens is 160 g/mol. The van der Waals surface area contributed by atoms with Gasteiger partial charge >= 0.3 is 5.82 Å². The van der Waals surface area contributed by atoms with E-state index in [9.17, 15) is 10.1 Å². The van der Waals surface area contributed by atoms with Gasteiger partial charge in [-0.2, -0.15) is 0 Å². The first-order chi connectivity index (χ1) is 5.79. The van der Waals surface area contributed by atoms with Gasteiger partial charge in [-0.15, -0.1) is 0 Å². The maximum Gasteiger partial charge on any atom is 0.414 e. The number of hydrogen-bond donors (Lipinski definition) is 0. The number of fused-ring (bicyclic) bond motifs is 1. The molecule has 6 nitrogen and oxygen atoms in total. The van der Waals surface area contributed by atoms with Gasteiger partial charge in [0.15, 0.2) is 6.20 Å². The standard InChI is InChI=1S/C6H4N4O2/c11-9-4-3-7-6-5(9)1-2-8-10(6)12/h1-4H. The molecule has 12 heavy (non-hydrogen) atoms. The first kappa shape index (κ1) is 6.71. The summed E-state index contributed by atoms with van der Waals surface area (Å²) in [7, 11) is 0. The van der Waals surface area contributed by atoms with E-state index in [2.05, 4.69) is 10.1 Å². The number of rotatable bonds is 0. The van der Waals surface area contributed by atoms with Crippen LogP contribution in [-0.4, -0.2) is 14.8 Å². The Labute approximate surface area is 66.6 Å². The van der Waals surface area contributed by atoms with Crippen molar-refractivity contribution in [3.63, 3.8) is 0 Å². The summed E-state index contributed by atoms with van der Waals surface area (Å²) >= 11 is 0. The molecule has 2 heterocycles. The Morgan fingerprint density at radius 2 is 2.33 bits per heavy atom. The van der Waals surface area contributed by atoms with Crippen molar-refractivity contribution in [2.75, 3.05) is 0 Å². The molecule has 0 amide bonds. The Kier molecular flexibility index (Phi) is 1.26. The normalized spacial score (nSPS) is 10.3. The van der Waals surface area contributed by atoms with Crippen LogP contribution < -0.4 is 4.54 Å². The molecule has 2 aliphatic rings. The van der Waals surface area contributed by atoms with Crippen LogP contribution in [0.25, 0.3) is 11.5 Å². The highest BCUT2D eigenvalue weighted by Gasteiger charge is 2.16. The maximum atomic E-state index is 11.0. The van der Waals surface area contributed by atoms with Gasteiger partial charge < -0.3 is 9.94 Å². The molecule has 2 aliphatic heterocycles. The SMILES string of the molecule is O=[n+]1nccc2n([O-])ccnc1-2. The second kappa shape index (κ2) is 2.26. The highest BCUT2D eigenvalue weighted by atomic mass is 16.5. The van der Waals surface area contributed by atoms with Crippen LogP contribution in [-0.2, 0) is 0 Å². The lowest BCUT2D eigenvalue weighted by Crippen LogP contribution is -2.25. The quantitative estimate of drug-likeness (QED) is 0.498. The van der Waals surface area contributed by atoms with Crippen molar-refractivity contribution >= 4 is 0 Å². The number of nitrogens with zero attached hydrogens (tertiary/aromatic N) is 4. The van der Waals surface area contributed by atoms with E-state index in [4.69, 9.17) is 0 Å². The minimum absolute atomic E-state index is 0.0231. The molecule has 0 unspecified atom stereocenters. The summed E-state index contributed by atoms with van der Waals surface area (Å²) in [5.74, 6) is 0.0231. The van der Waals surface area contributed by atoms with Crippen LogP contribution in [0.3, 0.4) is 0 Å². The van der Waals surface area contributed by atoms with E-state index in [-0.39, 0.29) is 11.5 Å². The molecule has 0 radical (unpaired) electrons. The summed E-state index contributed by atoms with van der Waals surface area (Å²) in [6.07, 6.45) is 3.74. The average Bonchev–Trinajstić information content (AvgIpc) is 2.07. The highest BCUT2D eigenvalue weighted by Crippen LogP contribution is 2.09. The zero-order valence-corrected chi connectivity index (χ0v) is 5.91. The number of aromatic nitrogens is 4. The largest absolute Gasteiger partial charge is 0.805 e. The van der Waals surface area contributed by atoms with Gasteiger partial charge in [0.05, 0.1) is 6.20 Å². The van der Waals surface area contributed by atoms with Gasteiger partial charge in [-0.3, -0.25) is 0 Å². The summed E-state index contributed by atoms with van der Waals surface area (Å²) in [4.78, 5) is 14.6. The van der Waals surface area contributed by atoms with Crippen LogP contribution >= 0.6 is 0 Å². The Morgan fingerprint density at radius 3 is 3.08 bits per heavy atom. The van der Waals surface area contributed by atoms with E-state index in [0.29, 0.717) is 9.27 Å². The van der Waals surface area contributed by atoms with Crippen molar-refractivity contribution in [1.82, 2.24) is 14.8 Å². The second-order valence-corrected chi connectivity index (χ2v) is 2.17. The Balaban J connectivity index is 2.91. The van der Waals surface area contributed by atoms with Crippen molar-refractivity contribution in [3.8, 4) is 11.5 Å². The molecule has 0 atom stereocenters. The lowest BCUT2D eigenvalue weighted by Gasteiger charge is -2.10. The van der Waals surface area contributed by atoms with Crippen molar-refractivity contribution < 1.29 is 4.54 Å². The van der Waals surface area contributed by atoms with E-state index in [1.54, 1.807) is 0 Å². The first-order valence-corrected chi connectivity index (χ1v) is 3.22. The molecule has 2 rings (SSSR count). The lowest BCUT2D eigenvalue weighted by molar-refractivity contribution is -0.556. The van der Waals surface area contributed by atoms with Crippen molar-refractivity contribution in [2.24, 2.45) is 0 Å². The van der Waals surface area contributed by atoms with E-state index < -0.39 is 0 Å². The molecule has 0 saturated heterocycles. The van der Waals surface area contributed by atoms with E-state index in [1.807, 2.05) is 0 Å². The zero-order chi connectivity index (χ0) is 8.55. The summed E-state index contributed by atoms with van der Waals surface area (Å²) in [5, 5.41) is 14.4. The Hall–Kier alpha value is -1.98. The van der Waals surface area contributed by atoms with Gasteiger partial charge in [-0.1, -0.05) is 0 Å². The maximum absolute atomic E-state index is 11.0. The lowest BCUT2D eigenvalue weighted by atomic mass is 10.4. The fourth-order valence-corrected chi connectivity index (χ4v) is 0.924. The first-order valence-electron chi connectivity index (χ1n) is 3.22. The fraction of sp³-hybridized carbons (Fsp3) is 0. The Morgan fingerprint density at radius 1 is 1.50 bits per heavy atom. The predicted octanol–water partition coefficient (Wildman–Crippen LogP) is -0.357. The summed E-state index contributed by atoms with van der Waals surface area (Å²) in [6.45, 7) is 0. The predicted molar refractivity (Wildman–Crippen MR) is 38.8 cm³/mol. The minimum Gasteiger partial charge on any atom is -0.805 e. The van der Waals surface area contributed by atoms with Gasteiger partial charge in [0.1, 0.15) is 10.2 Å². The van der Waals surface area contributed by atoms with Gasteiger partial charge in [0.2, 0.25) is 0 Å². The summed E-state index contributed by atoms with van der Waals surface area (Å²) in [5.41, 5.74) is 0.211. The summed E-state index contributed by atoms with van der Waals surface area (Å²) in [6, 6.07) is 1.43. The van der Waals surface area contributed by atoms with Gasteiger partial charge in [0.25, 0.3) is 0 Å². The third-order valence-electron chi connectivity index (χ3n) is 1.45. The third kappa shape index (κ3) is 0.815. The van der Waals surface area contributed by atoms with E-state index in [0.717, 1.165) is 0 Å². The van der Waals surface area contributed by atoms with Crippen molar-refractivity contribution in [3.05, 3.63) is 34.8 Å². The summed E-state index contributed by atoms with van der Waals surface area (Å²) < 4.78 is 0.877. The zero-order valence-electron chi connectivity index (χ0n) is 5.91. The van der Waals surface area contributed by atoms with Crippen LogP contribution in [0, 0.1) is 10.1 Å². The fourth-order valence-electron chi connectivity index (χ4n) is 0.924. The smallest absolute Gasteiger partial charge is 0.414 e. The molecule has 60 valence electrons. The highest BCUT2D eigenvalue weighted by molar-refractivity contribution is 5.45. The molecule has 0 aromatic heterocycles. The van der Waals surface area contributed by atoms with Crippen molar-refractivity contribution in [2.45, 2.75) is 0 Å². The minimum atomic E-state index is 0.0231. The molecule has 0 aromatic carbocycles. The molecule has 0 N–H and O–H groups in total. The second-order valence-electron chi connectivity index (χ2n) is 2.17. The average molecular weight is 164 g/mol. The van der Waals surface area contributed by atoms with Gasteiger partial charge in [-0.05, 0) is 21.1 Å². The molecule has 0 aliphatic carbocycles. The van der Waals surface area contributed by atoms with Crippen LogP contribution in [0.4, 0.5) is 0 Å². The topological polar surface area (TPSA) is 76.7 Å². The molecule has 6 heteroatoms. The van der Waals surface area contributed by atoms with Crippen LogP contribution in [0.5, 0.6) is 0 Å². The molecule has 0 bridgehead atoms. The van der Waals surface area contributed by atoms with Gasteiger partial charge in [-0.25, -0.2) is 0 Å². The number of hydrogen-bond acceptors (Lipinski definition) is 4. The monoisotopic (exact) mass is 164 g/mol. The van der Waals surface area contributed by atoms with Crippen LogP contribution in [0.1, 0.15) is 0 Å². The van der Waals surface area contributed by atoms with Crippen LogP contribution in [0.2, 0.25) is 0 Å². The molecule has 0 aromatic rings. The third-order valence-corrected chi connectivity index (χ3v) is 1.45. The van der Waals surface area contributed by atoms with E-state index >= 15 is 0 Å².